The van der Waals surface area contributed by atoms with Gasteiger partial charge in [0.2, 0.25) is 11.8 Å². The van der Waals surface area contributed by atoms with Crippen molar-refractivity contribution in [2.45, 2.75) is 16.7 Å². The third kappa shape index (κ3) is 3.57. The van der Waals surface area contributed by atoms with E-state index in [0.29, 0.717) is 29.1 Å². The molecule has 0 aromatic carbocycles. The van der Waals surface area contributed by atoms with E-state index in [1.807, 2.05) is 0 Å². The summed E-state index contributed by atoms with van der Waals surface area (Å²) in [4.78, 5) is 8.07. The fourth-order valence-electron chi connectivity index (χ4n) is 2.23. The molecule has 0 aliphatic carbocycles. The molecule has 1 aliphatic rings. The van der Waals surface area contributed by atoms with Crippen molar-refractivity contribution >= 4 is 33.0 Å². The van der Waals surface area contributed by atoms with E-state index in [1.165, 1.54) is 29.9 Å². The summed E-state index contributed by atoms with van der Waals surface area (Å²) in [6.07, 6.45) is 3.25. The molecule has 1 atom stereocenters. The minimum atomic E-state index is -3.53. The molecule has 1 saturated heterocycles. The van der Waals surface area contributed by atoms with Gasteiger partial charge in [-0.2, -0.15) is 9.29 Å². The van der Waals surface area contributed by atoms with Crippen LogP contribution in [0.1, 0.15) is 6.42 Å². The van der Waals surface area contributed by atoms with Gasteiger partial charge in [-0.3, -0.25) is 4.98 Å². The maximum atomic E-state index is 12.5. The van der Waals surface area contributed by atoms with Crippen LogP contribution in [0.15, 0.2) is 28.7 Å². The number of hydrogen-bond acceptors (Lipinski definition) is 7. The monoisotopic (exact) mass is 375 g/mol. The number of sulfonamides is 1. The van der Waals surface area contributed by atoms with Gasteiger partial charge in [0.05, 0.1) is 30.4 Å². The van der Waals surface area contributed by atoms with Crippen LogP contribution in [0.25, 0.3) is 0 Å². The molecule has 124 valence electrons. The predicted molar refractivity (Wildman–Crippen MR) is 85.7 cm³/mol. The van der Waals surface area contributed by atoms with Crippen molar-refractivity contribution in [3.63, 3.8) is 0 Å². The number of methoxy groups -OCH3 is 1. The van der Waals surface area contributed by atoms with Crippen LogP contribution in [0, 0.1) is 0 Å². The van der Waals surface area contributed by atoms with Gasteiger partial charge in [0.25, 0.3) is 10.0 Å². The summed E-state index contributed by atoms with van der Waals surface area (Å²) in [7, 11) is -2.04. The first-order valence-corrected chi connectivity index (χ1v) is 9.40. The molecule has 0 N–H and O–H groups in total. The summed E-state index contributed by atoms with van der Waals surface area (Å²) in [6.45, 7) is 0.649. The first kappa shape index (κ1) is 16.4. The van der Waals surface area contributed by atoms with Gasteiger partial charge in [-0.25, -0.2) is 8.42 Å². The fourth-order valence-corrected chi connectivity index (χ4v) is 5.36. The molecule has 2 aromatic rings. The van der Waals surface area contributed by atoms with E-state index in [1.54, 1.807) is 6.07 Å². The number of thiophene rings is 1. The predicted octanol–water partition coefficient (Wildman–Crippen LogP) is 2.04. The van der Waals surface area contributed by atoms with Crippen LogP contribution in [-0.2, 0) is 10.0 Å². The smallest absolute Gasteiger partial charge is 0.252 e. The minimum Gasteiger partial charge on any atom is -0.480 e. The Kier molecular flexibility index (Phi) is 4.72. The topological polar surface area (TPSA) is 81.6 Å². The summed E-state index contributed by atoms with van der Waals surface area (Å²) in [5.74, 6) is 0.658. The molecule has 23 heavy (non-hydrogen) atoms. The highest BCUT2D eigenvalue weighted by Crippen LogP contribution is 2.30. The first-order valence-electron chi connectivity index (χ1n) is 6.77. The van der Waals surface area contributed by atoms with E-state index >= 15 is 0 Å². The Morgan fingerprint density at radius 1 is 1.35 bits per heavy atom. The van der Waals surface area contributed by atoms with Gasteiger partial charge in [0.15, 0.2) is 0 Å². The van der Waals surface area contributed by atoms with Crippen LogP contribution in [0.5, 0.6) is 11.8 Å². The molecular weight excluding hydrogens is 362 g/mol. The van der Waals surface area contributed by atoms with Crippen molar-refractivity contribution in [3.8, 4) is 11.8 Å². The third-order valence-corrected chi connectivity index (χ3v) is 6.90. The molecule has 0 bridgehead atoms. The zero-order valence-electron chi connectivity index (χ0n) is 12.2. The number of aromatic nitrogens is 2. The van der Waals surface area contributed by atoms with E-state index in [2.05, 4.69) is 9.97 Å². The van der Waals surface area contributed by atoms with E-state index in [0.717, 1.165) is 11.3 Å². The molecule has 2 aromatic heterocycles. The summed E-state index contributed by atoms with van der Waals surface area (Å²) in [5, 5.41) is 0. The SMILES string of the molecule is COc1cncc(OC2CCN(S(=O)(=O)c3ccc(Cl)s3)C2)n1. The number of hydrogen-bond donors (Lipinski definition) is 0. The Hall–Kier alpha value is -1.42. The molecule has 1 fully saturated rings. The molecule has 3 rings (SSSR count). The second-order valence-electron chi connectivity index (χ2n) is 4.85. The summed E-state index contributed by atoms with van der Waals surface area (Å²) in [6, 6.07) is 3.10. The van der Waals surface area contributed by atoms with Crippen LogP contribution in [0.2, 0.25) is 4.34 Å². The Bertz CT molecular complexity index is 796. The summed E-state index contributed by atoms with van der Waals surface area (Å²) >= 11 is 6.87. The Balaban J connectivity index is 1.68. The standard InChI is InChI=1S/C13H14ClN3O4S2/c1-20-11-6-15-7-12(16-11)21-9-4-5-17(8-9)23(18,19)13-3-2-10(14)22-13/h2-3,6-7,9H,4-5,8H2,1H3. The molecule has 0 spiro atoms. The Morgan fingerprint density at radius 3 is 2.83 bits per heavy atom. The lowest BCUT2D eigenvalue weighted by Gasteiger charge is -2.16. The highest BCUT2D eigenvalue weighted by Gasteiger charge is 2.34. The van der Waals surface area contributed by atoms with E-state index in [4.69, 9.17) is 21.1 Å². The lowest BCUT2D eigenvalue weighted by Crippen LogP contribution is -2.30. The van der Waals surface area contributed by atoms with E-state index in [-0.39, 0.29) is 16.9 Å². The molecule has 3 heterocycles. The molecule has 0 saturated carbocycles. The van der Waals surface area contributed by atoms with Crippen molar-refractivity contribution < 1.29 is 17.9 Å². The second kappa shape index (κ2) is 6.60. The van der Waals surface area contributed by atoms with E-state index in [9.17, 15) is 8.42 Å². The van der Waals surface area contributed by atoms with Crippen molar-refractivity contribution in [2.75, 3.05) is 20.2 Å². The van der Waals surface area contributed by atoms with Gasteiger partial charge in [-0.1, -0.05) is 11.6 Å². The lowest BCUT2D eigenvalue weighted by molar-refractivity contribution is 0.203. The van der Waals surface area contributed by atoms with Gasteiger partial charge < -0.3 is 9.47 Å². The first-order chi connectivity index (χ1) is 11.0. The number of nitrogens with zero attached hydrogens (tertiary/aromatic N) is 3. The second-order valence-corrected chi connectivity index (χ2v) is 8.73. The van der Waals surface area contributed by atoms with Crippen LogP contribution >= 0.6 is 22.9 Å². The Morgan fingerprint density at radius 2 is 2.13 bits per heavy atom. The van der Waals surface area contributed by atoms with Crippen LogP contribution < -0.4 is 9.47 Å². The lowest BCUT2D eigenvalue weighted by atomic mass is 10.3. The summed E-state index contributed by atoms with van der Waals surface area (Å²) < 4.78 is 37.8. The maximum absolute atomic E-state index is 12.5. The van der Waals surface area contributed by atoms with Gasteiger partial charge >= 0.3 is 0 Å². The van der Waals surface area contributed by atoms with Crippen LogP contribution in [-0.4, -0.2) is 49.0 Å². The molecule has 1 aliphatic heterocycles. The molecule has 7 nitrogen and oxygen atoms in total. The quantitative estimate of drug-likeness (QED) is 0.795. The minimum absolute atomic E-state index is 0.240. The average Bonchev–Trinajstić information content (AvgIpc) is 3.17. The average molecular weight is 376 g/mol. The van der Waals surface area contributed by atoms with Gasteiger partial charge in [0.1, 0.15) is 10.3 Å². The van der Waals surface area contributed by atoms with Crippen molar-refractivity contribution in [1.29, 1.82) is 0 Å². The zero-order valence-corrected chi connectivity index (χ0v) is 14.6. The highest BCUT2D eigenvalue weighted by atomic mass is 35.5. The third-order valence-electron chi connectivity index (χ3n) is 3.34. The van der Waals surface area contributed by atoms with Crippen molar-refractivity contribution in [3.05, 3.63) is 28.9 Å². The number of rotatable bonds is 5. The van der Waals surface area contributed by atoms with Gasteiger partial charge in [-0.05, 0) is 18.6 Å². The molecule has 0 radical (unpaired) electrons. The number of halogens is 1. The van der Waals surface area contributed by atoms with Gasteiger partial charge in [-0.15, -0.1) is 11.3 Å². The largest absolute Gasteiger partial charge is 0.480 e. The number of ether oxygens (including phenoxy) is 2. The normalized spacial score (nSPS) is 19.0. The van der Waals surface area contributed by atoms with Crippen molar-refractivity contribution in [1.82, 2.24) is 14.3 Å². The molecular formula is C13H14ClN3O4S2. The van der Waals surface area contributed by atoms with E-state index < -0.39 is 10.0 Å². The van der Waals surface area contributed by atoms with Crippen LogP contribution in [0.4, 0.5) is 0 Å². The molecule has 0 amide bonds. The van der Waals surface area contributed by atoms with Gasteiger partial charge in [0, 0.05) is 6.54 Å². The molecule has 10 heteroatoms. The zero-order chi connectivity index (χ0) is 16.4. The summed E-state index contributed by atoms with van der Waals surface area (Å²) in [5.41, 5.74) is 0. The Labute approximate surface area is 142 Å². The van der Waals surface area contributed by atoms with Crippen LogP contribution in [0.3, 0.4) is 0 Å². The van der Waals surface area contributed by atoms with Crippen molar-refractivity contribution in [2.24, 2.45) is 0 Å². The highest BCUT2D eigenvalue weighted by molar-refractivity contribution is 7.91. The fraction of sp³-hybridized carbons (Fsp3) is 0.385. The molecule has 1 unspecified atom stereocenters. The maximum Gasteiger partial charge on any atom is 0.252 e.